The molecule has 2 aliphatic heterocycles. The second kappa shape index (κ2) is 8.53. The van der Waals surface area contributed by atoms with Crippen LogP contribution in [0, 0.1) is 5.92 Å². The topological polar surface area (TPSA) is 90.3 Å². The van der Waals surface area contributed by atoms with E-state index in [9.17, 15) is 14.7 Å². The van der Waals surface area contributed by atoms with Gasteiger partial charge >= 0.3 is 6.09 Å². The number of hydrogen-bond acceptors (Lipinski definition) is 5. The van der Waals surface area contributed by atoms with Crippen LogP contribution in [0.5, 0.6) is 0 Å². The number of fused-ring (bicyclic) bond motifs is 1. The van der Waals surface area contributed by atoms with E-state index in [2.05, 4.69) is 0 Å². The molecule has 2 aliphatic rings. The maximum atomic E-state index is 13.5. The van der Waals surface area contributed by atoms with Crippen LogP contribution in [-0.4, -0.2) is 42.0 Å². The van der Waals surface area contributed by atoms with Gasteiger partial charge in [-0.1, -0.05) is 49.4 Å². The smallest absolute Gasteiger partial charge is 0.414 e. The van der Waals surface area contributed by atoms with Gasteiger partial charge in [0.15, 0.2) is 5.60 Å². The van der Waals surface area contributed by atoms with Crippen LogP contribution in [0.3, 0.4) is 0 Å². The predicted octanol–water partition coefficient (Wildman–Crippen LogP) is 2.95. The molecule has 0 saturated carbocycles. The molecule has 162 valence electrons. The van der Waals surface area contributed by atoms with Crippen LogP contribution >= 0.6 is 0 Å². The van der Waals surface area contributed by atoms with Gasteiger partial charge in [-0.15, -0.1) is 0 Å². The molecule has 2 amide bonds. The van der Waals surface area contributed by atoms with E-state index in [4.69, 9.17) is 9.84 Å². The fourth-order valence-electron chi connectivity index (χ4n) is 4.17. The summed E-state index contributed by atoms with van der Waals surface area (Å²) in [5, 5.41) is 20.8. The van der Waals surface area contributed by atoms with Gasteiger partial charge in [-0.25, -0.2) is 4.79 Å². The van der Waals surface area contributed by atoms with Crippen molar-refractivity contribution >= 4 is 23.4 Å². The number of cyclic esters (lactones) is 1. The molecule has 31 heavy (non-hydrogen) atoms. The Balaban J connectivity index is 1.77. The van der Waals surface area contributed by atoms with Gasteiger partial charge in [-0.05, 0) is 30.2 Å². The predicted molar refractivity (Wildman–Crippen MR) is 117 cm³/mol. The Hall–Kier alpha value is -3.16. The number of aliphatic hydroxyl groups is 2. The van der Waals surface area contributed by atoms with E-state index in [1.165, 1.54) is 4.90 Å². The SMILES string of the molecule is C[C@H](/C=C/CCO)[C@@]1(O)C(=O)N(Cc2ccccc2)c2ccc(N3CCOC3=O)cc21. The minimum Gasteiger partial charge on any atom is -0.447 e. The molecule has 7 nitrogen and oxygen atoms in total. The number of hydrogen-bond donors (Lipinski definition) is 2. The molecule has 1 saturated heterocycles. The first-order chi connectivity index (χ1) is 15.0. The second-order valence-electron chi connectivity index (χ2n) is 7.84. The van der Waals surface area contributed by atoms with Crippen molar-refractivity contribution in [1.82, 2.24) is 0 Å². The van der Waals surface area contributed by atoms with Crippen LogP contribution in [0.4, 0.5) is 16.2 Å². The van der Waals surface area contributed by atoms with Gasteiger partial charge in [0, 0.05) is 23.8 Å². The molecule has 0 spiro atoms. The van der Waals surface area contributed by atoms with E-state index >= 15 is 0 Å². The Labute approximate surface area is 181 Å². The summed E-state index contributed by atoms with van der Waals surface area (Å²) in [6, 6.07) is 14.9. The Morgan fingerprint density at radius 2 is 1.97 bits per heavy atom. The maximum absolute atomic E-state index is 13.5. The molecule has 7 heteroatoms. The number of nitrogens with zero attached hydrogens (tertiary/aromatic N) is 2. The molecular formula is C24H26N2O5. The van der Waals surface area contributed by atoms with Crippen LogP contribution in [-0.2, 0) is 21.7 Å². The molecule has 1 fully saturated rings. The van der Waals surface area contributed by atoms with Crippen molar-refractivity contribution in [2.24, 2.45) is 5.92 Å². The third kappa shape index (κ3) is 3.71. The average Bonchev–Trinajstić information content (AvgIpc) is 3.30. The third-order valence-corrected chi connectivity index (χ3v) is 5.89. The highest BCUT2D eigenvalue weighted by atomic mass is 16.6. The second-order valence-corrected chi connectivity index (χ2v) is 7.84. The van der Waals surface area contributed by atoms with Gasteiger partial charge in [0.1, 0.15) is 6.61 Å². The molecule has 2 aromatic carbocycles. The van der Waals surface area contributed by atoms with Crippen molar-refractivity contribution in [3.63, 3.8) is 0 Å². The number of rotatable bonds is 7. The molecule has 0 aliphatic carbocycles. The first-order valence-electron chi connectivity index (χ1n) is 10.4. The minimum atomic E-state index is -1.78. The number of amides is 2. The molecule has 0 bridgehead atoms. The lowest BCUT2D eigenvalue weighted by Gasteiger charge is -2.28. The summed E-state index contributed by atoms with van der Waals surface area (Å²) >= 11 is 0. The zero-order chi connectivity index (χ0) is 22.0. The van der Waals surface area contributed by atoms with E-state index < -0.39 is 23.5 Å². The first kappa shape index (κ1) is 21.1. The van der Waals surface area contributed by atoms with Crippen molar-refractivity contribution < 1.29 is 24.5 Å². The quantitative estimate of drug-likeness (QED) is 0.670. The van der Waals surface area contributed by atoms with Gasteiger partial charge < -0.3 is 19.8 Å². The van der Waals surface area contributed by atoms with E-state index in [0.29, 0.717) is 43.1 Å². The lowest BCUT2D eigenvalue weighted by molar-refractivity contribution is -0.139. The fourth-order valence-corrected chi connectivity index (χ4v) is 4.17. The monoisotopic (exact) mass is 422 g/mol. The van der Waals surface area contributed by atoms with Gasteiger partial charge in [0.25, 0.3) is 5.91 Å². The highest BCUT2D eigenvalue weighted by Crippen LogP contribution is 2.47. The van der Waals surface area contributed by atoms with Crippen LogP contribution in [0.1, 0.15) is 24.5 Å². The average molecular weight is 422 g/mol. The van der Waals surface area contributed by atoms with Crippen molar-refractivity contribution in [1.29, 1.82) is 0 Å². The Morgan fingerprint density at radius 1 is 1.19 bits per heavy atom. The summed E-state index contributed by atoms with van der Waals surface area (Å²) in [6.45, 7) is 2.82. The number of carbonyl (C=O) groups is 2. The molecular weight excluding hydrogens is 396 g/mol. The molecule has 2 heterocycles. The van der Waals surface area contributed by atoms with E-state index in [0.717, 1.165) is 5.56 Å². The van der Waals surface area contributed by atoms with E-state index in [-0.39, 0.29) is 6.61 Å². The number of anilines is 2. The molecule has 2 atom stereocenters. The molecule has 0 unspecified atom stereocenters. The van der Waals surface area contributed by atoms with Crippen LogP contribution in [0.2, 0.25) is 0 Å². The van der Waals surface area contributed by atoms with Crippen LogP contribution in [0.25, 0.3) is 0 Å². The standard InChI is InChI=1S/C24H26N2O5/c1-17(7-5-6-13-27)24(30)20-15-19(25-12-14-31-23(25)29)10-11-21(20)26(22(24)28)16-18-8-3-2-4-9-18/h2-5,7-11,15,17,27,30H,6,12-14,16H2,1H3/b7-5+/t17-,24+/m1/s1. The summed E-state index contributed by atoms with van der Waals surface area (Å²) in [5.41, 5.74) is 0.833. The van der Waals surface area contributed by atoms with Crippen molar-refractivity contribution in [2.45, 2.75) is 25.5 Å². The zero-order valence-electron chi connectivity index (χ0n) is 17.4. The summed E-state index contributed by atoms with van der Waals surface area (Å²) < 4.78 is 5.04. The van der Waals surface area contributed by atoms with Crippen molar-refractivity contribution in [3.05, 3.63) is 71.8 Å². The molecule has 2 aromatic rings. The van der Waals surface area contributed by atoms with E-state index in [1.54, 1.807) is 42.2 Å². The zero-order valence-corrected chi connectivity index (χ0v) is 17.4. The number of ether oxygens (including phenoxy) is 1. The van der Waals surface area contributed by atoms with Crippen LogP contribution < -0.4 is 9.80 Å². The van der Waals surface area contributed by atoms with Gasteiger partial charge in [-0.3, -0.25) is 9.69 Å². The highest BCUT2D eigenvalue weighted by molar-refractivity contribution is 6.08. The lowest BCUT2D eigenvalue weighted by atomic mass is 9.82. The Bertz CT molecular complexity index is 1010. The van der Waals surface area contributed by atoms with Crippen molar-refractivity contribution in [3.8, 4) is 0 Å². The van der Waals surface area contributed by atoms with Crippen LogP contribution in [0.15, 0.2) is 60.7 Å². The third-order valence-electron chi connectivity index (χ3n) is 5.89. The number of aliphatic hydroxyl groups excluding tert-OH is 1. The van der Waals surface area contributed by atoms with Gasteiger partial charge in [0.2, 0.25) is 0 Å². The van der Waals surface area contributed by atoms with Gasteiger partial charge in [0.05, 0.1) is 18.8 Å². The van der Waals surface area contributed by atoms with Gasteiger partial charge in [-0.2, -0.15) is 0 Å². The normalized spacial score (nSPS) is 21.6. The lowest BCUT2D eigenvalue weighted by Crippen LogP contribution is -2.44. The highest BCUT2D eigenvalue weighted by Gasteiger charge is 2.52. The summed E-state index contributed by atoms with van der Waals surface area (Å²) in [4.78, 5) is 28.7. The minimum absolute atomic E-state index is 0.00641. The Morgan fingerprint density at radius 3 is 2.65 bits per heavy atom. The molecule has 4 rings (SSSR count). The largest absolute Gasteiger partial charge is 0.447 e. The number of benzene rings is 2. The fraction of sp³-hybridized carbons (Fsp3) is 0.333. The molecule has 0 radical (unpaired) electrons. The Kier molecular flexibility index (Phi) is 5.80. The number of carbonyl (C=O) groups excluding carboxylic acids is 2. The summed E-state index contributed by atoms with van der Waals surface area (Å²) in [6.07, 6.45) is 3.51. The summed E-state index contributed by atoms with van der Waals surface area (Å²) in [7, 11) is 0. The van der Waals surface area contributed by atoms with E-state index in [1.807, 2.05) is 30.3 Å². The molecule has 2 N–H and O–H groups in total. The first-order valence-corrected chi connectivity index (χ1v) is 10.4. The van der Waals surface area contributed by atoms with Crippen molar-refractivity contribution in [2.75, 3.05) is 29.6 Å². The maximum Gasteiger partial charge on any atom is 0.414 e. The summed E-state index contributed by atoms with van der Waals surface area (Å²) in [5.74, 6) is -0.944. The molecule has 0 aromatic heterocycles.